The highest BCUT2D eigenvalue weighted by Crippen LogP contribution is 2.34. The zero-order valence-electron chi connectivity index (χ0n) is 37.9. The van der Waals surface area contributed by atoms with Gasteiger partial charge in [-0.2, -0.15) is 0 Å². The maximum Gasteiger partial charge on any atom is 0.306 e. The fourth-order valence-electron chi connectivity index (χ4n) is 7.90. The molecule has 0 saturated heterocycles. The molecule has 1 rings (SSSR count). The van der Waals surface area contributed by atoms with E-state index in [1.165, 1.54) is 116 Å². The Morgan fingerprint density at radius 1 is 0.533 bits per heavy atom. The van der Waals surface area contributed by atoms with E-state index >= 15 is 0 Å². The highest BCUT2D eigenvalue weighted by Gasteiger charge is 2.30. The molecule has 0 aromatic rings. The van der Waals surface area contributed by atoms with Crippen LogP contribution in [0.15, 0.2) is 0 Å². The predicted octanol–water partition coefficient (Wildman–Crippen LogP) is 9.35. The first-order chi connectivity index (χ1) is 29.1. The number of carboxylic acids is 1. The molecule has 0 unspecified atom stereocenters. The molecule has 0 bridgehead atoms. The number of amides is 1. The molecule has 1 fully saturated rings. The van der Waals surface area contributed by atoms with E-state index in [4.69, 9.17) is 18.9 Å². The lowest BCUT2D eigenvalue weighted by Gasteiger charge is -2.28. The van der Waals surface area contributed by atoms with Gasteiger partial charge < -0.3 is 34.2 Å². The molecule has 1 saturated carbocycles. The summed E-state index contributed by atoms with van der Waals surface area (Å²) in [5.74, 6) is -1.27. The van der Waals surface area contributed by atoms with E-state index in [9.17, 15) is 33.9 Å². The van der Waals surface area contributed by atoms with Crippen LogP contribution in [0.2, 0.25) is 0 Å². The van der Waals surface area contributed by atoms with Crippen molar-refractivity contribution in [1.29, 1.82) is 0 Å². The Morgan fingerprint density at radius 3 is 1.57 bits per heavy atom. The first-order valence-corrected chi connectivity index (χ1v) is 23.9. The summed E-state index contributed by atoms with van der Waals surface area (Å²) in [6.07, 6.45) is 29.2. The average molecular weight is 852 g/mol. The summed E-state index contributed by atoms with van der Waals surface area (Å²) in [6.45, 7) is 5.39. The minimum atomic E-state index is -1.03. The number of nitrogens with one attached hydrogen (secondary N) is 1. The molecule has 1 aliphatic rings. The quantitative estimate of drug-likeness (QED) is 0.0560. The molecule has 348 valence electrons. The van der Waals surface area contributed by atoms with Crippen molar-refractivity contribution in [3.8, 4) is 0 Å². The van der Waals surface area contributed by atoms with Crippen molar-refractivity contribution in [3.63, 3.8) is 0 Å². The number of ketones is 4. The summed E-state index contributed by atoms with van der Waals surface area (Å²) in [6, 6.07) is 0. The van der Waals surface area contributed by atoms with Crippen molar-refractivity contribution in [2.45, 2.75) is 194 Å². The number of rotatable bonds is 44. The number of carboxylic acid groups (broad SMARTS) is 1. The Labute approximate surface area is 363 Å². The Kier molecular flexibility index (Phi) is 36.4. The van der Waals surface area contributed by atoms with Crippen molar-refractivity contribution in [2.24, 2.45) is 17.8 Å². The van der Waals surface area contributed by atoms with E-state index in [1.807, 2.05) is 0 Å². The Morgan fingerprint density at radius 2 is 1.03 bits per heavy atom. The lowest BCUT2D eigenvalue weighted by atomic mass is 9.76. The van der Waals surface area contributed by atoms with Crippen LogP contribution in [0.3, 0.4) is 0 Å². The zero-order chi connectivity index (χ0) is 43.9. The van der Waals surface area contributed by atoms with E-state index in [-0.39, 0.29) is 88.0 Å². The monoisotopic (exact) mass is 852 g/mol. The molecule has 1 aliphatic carbocycles. The van der Waals surface area contributed by atoms with Crippen LogP contribution in [0.1, 0.15) is 194 Å². The SMILES string of the molecule is CC(=O)CCCCCCCCCCCCCCCCCCCC1CCC(C(=O)C[C@@H](CCC(=O)NCCOCCOCC(=O)CCCOCCOCC(C)=O)C(=O)O)CC1. The number of Topliss-reactive ketones (excluding diaryl/α,β-unsaturated/α-hetero) is 4. The first-order valence-electron chi connectivity index (χ1n) is 23.9. The van der Waals surface area contributed by atoms with Gasteiger partial charge in [-0.25, -0.2) is 0 Å². The minimum Gasteiger partial charge on any atom is -0.481 e. The molecule has 1 amide bonds. The van der Waals surface area contributed by atoms with E-state index < -0.39 is 11.9 Å². The molecule has 0 spiro atoms. The summed E-state index contributed by atoms with van der Waals surface area (Å²) in [7, 11) is 0. The van der Waals surface area contributed by atoms with Gasteiger partial charge in [-0.05, 0) is 64.7 Å². The maximum absolute atomic E-state index is 13.1. The van der Waals surface area contributed by atoms with E-state index in [0.29, 0.717) is 44.4 Å². The molecule has 0 heterocycles. The van der Waals surface area contributed by atoms with E-state index in [1.54, 1.807) is 6.92 Å². The van der Waals surface area contributed by atoms with Crippen molar-refractivity contribution in [3.05, 3.63) is 0 Å². The van der Waals surface area contributed by atoms with Gasteiger partial charge in [-0.15, -0.1) is 0 Å². The molecule has 60 heavy (non-hydrogen) atoms. The molecular formula is C48H85NO11. The van der Waals surface area contributed by atoms with Gasteiger partial charge in [0.25, 0.3) is 0 Å². The van der Waals surface area contributed by atoms with Gasteiger partial charge in [-0.3, -0.25) is 24.0 Å². The van der Waals surface area contributed by atoms with Crippen LogP contribution in [0.5, 0.6) is 0 Å². The van der Waals surface area contributed by atoms with Gasteiger partial charge in [-0.1, -0.05) is 109 Å². The molecule has 0 aromatic carbocycles. The summed E-state index contributed by atoms with van der Waals surface area (Å²) >= 11 is 0. The van der Waals surface area contributed by atoms with Crippen molar-refractivity contribution in [1.82, 2.24) is 5.32 Å². The number of hydrogen-bond donors (Lipinski definition) is 2. The highest BCUT2D eigenvalue weighted by molar-refractivity contribution is 5.86. The molecule has 1 atom stereocenters. The second kappa shape index (κ2) is 39.3. The molecule has 2 N–H and O–H groups in total. The normalized spacial score (nSPS) is 15.8. The standard InChI is InChI=1S/C48H85NO11/c1-40(50)21-18-16-14-12-10-8-6-4-3-5-7-9-11-13-15-17-19-22-42-24-26-43(27-25-42)46(53)37-44(48(55)56)28-29-47(54)49-30-32-58-34-36-60-39-45(52)23-20-31-57-33-35-59-38-41(2)51/h42-44H,3-39H2,1-2H3,(H,49,54)(H,55,56)/t42?,43?,44-/m1/s1. The van der Waals surface area contributed by atoms with Crippen LogP contribution in [0, 0.1) is 17.8 Å². The van der Waals surface area contributed by atoms with Crippen molar-refractivity contribution in [2.75, 3.05) is 59.4 Å². The fourth-order valence-corrected chi connectivity index (χ4v) is 7.90. The minimum absolute atomic E-state index is 0.00770. The van der Waals surface area contributed by atoms with Crippen LogP contribution < -0.4 is 5.32 Å². The summed E-state index contributed by atoms with van der Waals surface area (Å²) in [5.41, 5.74) is 0. The fraction of sp³-hybridized carbons (Fsp3) is 0.875. The van der Waals surface area contributed by atoms with Crippen LogP contribution in [-0.4, -0.2) is 99.5 Å². The van der Waals surface area contributed by atoms with Crippen molar-refractivity contribution < 1.29 is 52.8 Å². The smallest absolute Gasteiger partial charge is 0.306 e. The zero-order valence-corrected chi connectivity index (χ0v) is 37.9. The molecule has 12 nitrogen and oxygen atoms in total. The summed E-state index contributed by atoms with van der Waals surface area (Å²) in [5, 5.41) is 12.5. The number of unbranched alkanes of at least 4 members (excludes halogenated alkanes) is 16. The summed E-state index contributed by atoms with van der Waals surface area (Å²) < 4.78 is 21.2. The molecule has 0 aliphatic heterocycles. The maximum atomic E-state index is 13.1. The van der Waals surface area contributed by atoms with Gasteiger partial charge in [0.05, 0.1) is 39.0 Å². The van der Waals surface area contributed by atoms with E-state index in [2.05, 4.69) is 5.32 Å². The average Bonchev–Trinajstić information content (AvgIpc) is 3.22. The van der Waals surface area contributed by atoms with Crippen LogP contribution in [0.25, 0.3) is 0 Å². The molecular weight excluding hydrogens is 767 g/mol. The van der Waals surface area contributed by atoms with Gasteiger partial charge >= 0.3 is 5.97 Å². The third-order valence-corrected chi connectivity index (χ3v) is 11.6. The molecule has 0 radical (unpaired) electrons. The Bertz CT molecular complexity index is 1140. The van der Waals surface area contributed by atoms with Crippen molar-refractivity contribution >= 4 is 35.0 Å². The van der Waals surface area contributed by atoms with Crippen LogP contribution in [-0.2, 0) is 47.7 Å². The predicted molar refractivity (Wildman–Crippen MR) is 235 cm³/mol. The van der Waals surface area contributed by atoms with Gasteiger partial charge in [0.2, 0.25) is 5.91 Å². The second-order valence-corrected chi connectivity index (χ2v) is 17.2. The van der Waals surface area contributed by atoms with Crippen LogP contribution in [0.4, 0.5) is 0 Å². The number of aliphatic carboxylic acids is 1. The lowest BCUT2D eigenvalue weighted by Crippen LogP contribution is -2.30. The summed E-state index contributed by atoms with van der Waals surface area (Å²) in [4.78, 5) is 71.0. The lowest BCUT2D eigenvalue weighted by molar-refractivity contribution is -0.145. The number of carbonyl (C=O) groups excluding carboxylic acids is 5. The third-order valence-electron chi connectivity index (χ3n) is 11.6. The first kappa shape index (κ1) is 55.5. The van der Waals surface area contributed by atoms with Gasteiger partial charge in [0.15, 0.2) is 11.6 Å². The highest BCUT2D eigenvalue weighted by atomic mass is 16.5. The third kappa shape index (κ3) is 35.1. The number of carbonyl (C=O) groups is 6. The molecule has 0 aromatic heterocycles. The van der Waals surface area contributed by atoms with Crippen LogP contribution >= 0.6 is 0 Å². The number of hydrogen-bond acceptors (Lipinski definition) is 10. The molecule has 12 heteroatoms. The Hall–Kier alpha value is -2.54. The van der Waals surface area contributed by atoms with Gasteiger partial charge in [0.1, 0.15) is 24.8 Å². The second-order valence-electron chi connectivity index (χ2n) is 17.2. The Balaban J connectivity index is 1.97. The largest absolute Gasteiger partial charge is 0.481 e. The van der Waals surface area contributed by atoms with E-state index in [0.717, 1.165) is 38.5 Å². The van der Waals surface area contributed by atoms with Gasteiger partial charge in [0, 0.05) is 44.8 Å². The number of ether oxygens (including phenoxy) is 4. The topological polar surface area (TPSA) is 172 Å².